The van der Waals surface area contributed by atoms with Crippen LogP contribution in [0.4, 0.5) is 22.7 Å². The molecule has 0 fully saturated rings. The Morgan fingerprint density at radius 1 is 0.906 bits per heavy atom. The topological polar surface area (TPSA) is 61.4 Å². The molecule has 0 bridgehead atoms. The number of anilines is 4. The van der Waals surface area contributed by atoms with Crippen molar-refractivity contribution in [2.75, 3.05) is 22.1 Å². The highest BCUT2D eigenvalue weighted by atomic mass is 35.5. The maximum Gasteiger partial charge on any atom is 0.257 e. The largest absolute Gasteiger partial charge is 0.383 e. The maximum atomic E-state index is 13.3. The summed E-state index contributed by atoms with van der Waals surface area (Å²) in [6.07, 6.45) is 1.70. The molecule has 0 saturated heterocycles. The molecule has 5 nitrogen and oxygen atoms in total. The molecular weight excluding hydrogens is 469 g/mol. The summed E-state index contributed by atoms with van der Waals surface area (Å²) in [5, 5.41) is 7.68. The van der Waals surface area contributed by atoms with Crippen LogP contribution in [0.5, 0.6) is 0 Å². The maximum absolute atomic E-state index is 13.3. The number of carbonyl (C=O) groups is 2. The molecule has 164 valence electrons. The Hall–Kier alpha value is -2.73. The van der Waals surface area contributed by atoms with Gasteiger partial charge >= 0.3 is 0 Å². The Balaban J connectivity index is 1.48. The van der Waals surface area contributed by atoms with Gasteiger partial charge in [-0.05, 0) is 55.3 Å². The minimum Gasteiger partial charge on any atom is -0.383 e. The quantitative estimate of drug-likeness (QED) is 0.362. The van der Waals surface area contributed by atoms with E-state index in [-0.39, 0.29) is 11.8 Å². The van der Waals surface area contributed by atoms with Crippen molar-refractivity contribution in [1.29, 1.82) is 0 Å². The number of nitrogens with one attached hydrogen (secondary N) is 2. The van der Waals surface area contributed by atoms with Crippen LogP contribution in [0.3, 0.4) is 0 Å². The molecule has 32 heavy (non-hydrogen) atoms. The third kappa shape index (κ3) is 4.70. The van der Waals surface area contributed by atoms with Crippen molar-refractivity contribution in [1.82, 2.24) is 0 Å². The van der Waals surface area contributed by atoms with Gasteiger partial charge in [-0.2, -0.15) is 0 Å². The number of benzene rings is 3. The van der Waals surface area contributed by atoms with E-state index in [1.165, 1.54) is 0 Å². The lowest BCUT2D eigenvalue weighted by atomic mass is 10.1. The van der Waals surface area contributed by atoms with Crippen molar-refractivity contribution in [2.45, 2.75) is 19.3 Å². The lowest BCUT2D eigenvalue weighted by molar-refractivity contribution is -0.118. The zero-order valence-corrected chi connectivity index (χ0v) is 19.3. The van der Waals surface area contributed by atoms with Gasteiger partial charge < -0.3 is 10.6 Å². The van der Waals surface area contributed by atoms with E-state index in [9.17, 15) is 9.59 Å². The number of unbranched alkanes of at least 4 members (excludes halogenated alkanes) is 1. The first-order valence-electron chi connectivity index (χ1n) is 10.2. The van der Waals surface area contributed by atoms with Crippen molar-refractivity contribution in [2.24, 2.45) is 0 Å². The van der Waals surface area contributed by atoms with Gasteiger partial charge in [0, 0.05) is 18.0 Å². The fourth-order valence-electron chi connectivity index (χ4n) is 3.65. The summed E-state index contributed by atoms with van der Waals surface area (Å²) in [7, 11) is 0. The minimum atomic E-state index is -0.278. The SMILES string of the molecule is O=C1Nc2cc(Cl)ccc2N(C(=O)CCCCNc2c(Cl)cccc2Cl)c2ccccc21. The van der Waals surface area contributed by atoms with Crippen molar-refractivity contribution in [3.8, 4) is 0 Å². The van der Waals surface area contributed by atoms with Crippen molar-refractivity contribution in [3.63, 3.8) is 0 Å². The highest BCUT2D eigenvalue weighted by molar-refractivity contribution is 6.39. The number of amides is 2. The van der Waals surface area contributed by atoms with Crippen molar-refractivity contribution < 1.29 is 9.59 Å². The molecule has 0 aliphatic carbocycles. The number of carbonyl (C=O) groups excluding carboxylic acids is 2. The monoisotopic (exact) mass is 487 g/mol. The Labute approximate surface area is 201 Å². The number of nitrogens with zero attached hydrogens (tertiary/aromatic N) is 1. The molecule has 8 heteroatoms. The Bertz CT molecular complexity index is 1160. The van der Waals surface area contributed by atoms with Crippen LogP contribution in [-0.4, -0.2) is 18.4 Å². The molecule has 0 atom stereocenters. The highest BCUT2D eigenvalue weighted by Crippen LogP contribution is 2.39. The van der Waals surface area contributed by atoms with Crippen LogP contribution in [0, 0.1) is 0 Å². The molecule has 0 radical (unpaired) electrons. The molecule has 3 aromatic carbocycles. The molecular formula is C24H20Cl3N3O2. The van der Waals surface area contributed by atoms with E-state index >= 15 is 0 Å². The molecule has 0 aromatic heterocycles. The van der Waals surface area contributed by atoms with E-state index in [0.717, 1.165) is 6.42 Å². The van der Waals surface area contributed by atoms with Crippen LogP contribution in [0.25, 0.3) is 0 Å². The average Bonchev–Trinajstić information content (AvgIpc) is 2.89. The number of para-hydroxylation sites is 2. The second-order valence-corrected chi connectivity index (χ2v) is 8.59. The number of hydrogen-bond acceptors (Lipinski definition) is 3. The first-order chi connectivity index (χ1) is 15.5. The Morgan fingerprint density at radius 3 is 2.44 bits per heavy atom. The third-order valence-corrected chi connectivity index (χ3v) is 6.03. The van der Waals surface area contributed by atoms with Gasteiger partial charge in [0.2, 0.25) is 5.91 Å². The van der Waals surface area contributed by atoms with E-state index in [1.54, 1.807) is 59.5 Å². The molecule has 0 spiro atoms. The number of halogens is 3. The van der Waals surface area contributed by atoms with Gasteiger partial charge in [0.15, 0.2) is 0 Å². The summed E-state index contributed by atoms with van der Waals surface area (Å²) in [5.74, 6) is -0.381. The number of hydrogen-bond donors (Lipinski definition) is 2. The zero-order chi connectivity index (χ0) is 22.7. The van der Waals surface area contributed by atoms with Gasteiger partial charge in [0.25, 0.3) is 5.91 Å². The van der Waals surface area contributed by atoms with Crippen LogP contribution < -0.4 is 15.5 Å². The van der Waals surface area contributed by atoms with Gasteiger partial charge in [0.1, 0.15) is 0 Å². The van der Waals surface area contributed by atoms with Crippen molar-refractivity contribution >= 4 is 69.4 Å². The summed E-state index contributed by atoms with van der Waals surface area (Å²) >= 11 is 18.5. The second kappa shape index (κ2) is 9.82. The average molecular weight is 489 g/mol. The zero-order valence-electron chi connectivity index (χ0n) is 17.0. The minimum absolute atomic E-state index is 0.103. The third-order valence-electron chi connectivity index (χ3n) is 5.17. The van der Waals surface area contributed by atoms with Gasteiger partial charge in [0.05, 0.1) is 38.4 Å². The standard InChI is InChI=1S/C24H20Cl3N3O2/c25-15-11-12-21-19(14-15)29-24(32)16-6-1-2-9-20(16)30(21)22(31)10-3-4-13-28-23-17(26)7-5-8-18(23)27/h1-2,5-9,11-12,14,28H,3-4,10,13H2,(H,29,32). The number of fused-ring (bicyclic) bond motifs is 2. The van der Waals surface area contributed by atoms with Gasteiger partial charge in [-0.1, -0.05) is 53.0 Å². The van der Waals surface area contributed by atoms with Crippen LogP contribution in [0.15, 0.2) is 60.7 Å². The second-order valence-electron chi connectivity index (χ2n) is 7.34. The Morgan fingerprint density at radius 2 is 1.66 bits per heavy atom. The fourth-order valence-corrected chi connectivity index (χ4v) is 4.35. The predicted octanol–water partition coefficient (Wildman–Crippen LogP) is 7.16. The lowest BCUT2D eigenvalue weighted by Crippen LogP contribution is -2.26. The molecule has 1 aliphatic heterocycles. The highest BCUT2D eigenvalue weighted by Gasteiger charge is 2.28. The smallest absolute Gasteiger partial charge is 0.257 e. The summed E-state index contributed by atoms with van der Waals surface area (Å²) in [6, 6.07) is 17.5. The molecule has 1 aliphatic rings. The molecule has 2 N–H and O–H groups in total. The first-order valence-corrected chi connectivity index (χ1v) is 11.3. The first kappa shape index (κ1) is 22.5. The molecule has 0 saturated carbocycles. The number of rotatable bonds is 6. The van der Waals surface area contributed by atoms with Gasteiger partial charge in [-0.25, -0.2) is 0 Å². The van der Waals surface area contributed by atoms with Crippen LogP contribution in [0.2, 0.25) is 15.1 Å². The van der Waals surface area contributed by atoms with E-state index < -0.39 is 0 Å². The molecule has 1 heterocycles. The summed E-state index contributed by atoms with van der Waals surface area (Å²) in [6.45, 7) is 0.625. The van der Waals surface area contributed by atoms with Gasteiger partial charge in [-0.3, -0.25) is 14.5 Å². The summed E-state index contributed by atoms with van der Waals surface area (Å²) < 4.78 is 0. The predicted molar refractivity (Wildman–Crippen MR) is 132 cm³/mol. The lowest BCUT2D eigenvalue weighted by Gasteiger charge is -2.24. The van der Waals surface area contributed by atoms with Gasteiger partial charge in [-0.15, -0.1) is 0 Å². The molecule has 2 amide bonds. The van der Waals surface area contributed by atoms with Crippen LogP contribution >= 0.6 is 34.8 Å². The molecule has 4 rings (SSSR count). The van der Waals surface area contributed by atoms with E-state index in [4.69, 9.17) is 34.8 Å². The normalized spacial score (nSPS) is 12.5. The molecule has 3 aromatic rings. The fraction of sp³-hybridized carbons (Fsp3) is 0.167. The Kier molecular flexibility index (Phi) is 6.89. The van der Waals surface area contributed by atoms with Crippen LogP contribution in [-0.2, 0) is 4.79 Å². The summed E-state index contributed by atoms with van der Waals surface area (Å²) in [5.41, 5.74) is 2.78. The van der Waals surface area contributed by atoms with E-state index in [0.29, 0.717) is 62.8 Å². The van der Waals surface area contributed by atoms with E-state index in [2.05, 4.69) is 10.6 Å². The van der Waals surface area contributed by atoms with Crippen molar-refractivity contribution in [3.05, 3.63) is 81.3 Å². The molecule has 0 unspecified atom stereocenters. The van der Waals surface area contributed by atoms with E-state index in [1.807, 2.05) is 6.07 Å². The van der Waals surface area contributed by atoms with Crippen LogP contribution in [0.1, 0.15) is 29.6 Å². The summed E-state index contributed by atoms with van der Waals surface area (Å²) in [4.78, 5) is 27.6.